The van der Waals surface area contributed by atoms with E-state index in [2.05, 4.69) is 32.3 Å². The van der Waals surface area contributed by atoms with Crippen LogP contribution in [0.4, 0.5) is 5.69 Å². The molecule has 0 atom stereocenters. The predicted octanol–water partition coefficient (Wildman–Crippen LogP) is 5.66. The van der Waals surface area contributed by atoms with E-state index in [1.807, 2.05) is 36.4 Å². The maximum absolute atomic E-state index is 12.4. The number of halogens is 1. The molecule has 0 saturated heterocycles. The lowest BCUT2D eigenvalue weighted by Crippen LogP contribution is -2.03. The van der Waals surface area contributed by atoms with Crippen LogP contribution in [0.2, 0.25) is 0 Å². The molecule has 0 aliphatic rings. The smallest absolute Gasteiger partial charge is 0.345 e. The number of methoxy groups -OCH3 is 1. The van der Waals surface area contributed by atoms with Gasteiger partial charge < -0.3 is 14.5 Å². The van der Waals surface area contributed by atoms with E-state index in [0.717, 1.165) is 15.5 Å². The average Bonchev–Trinajstić information content (AvgIpc) is 3.24. The summed E-state index contributed by atoms with van der Waals surface area (Å²) in [5, 5.41) is 15.7. The van der Waals surface area contributed by atoms with Gasteiger partial charge in [0.2, 0.25) is 0 Å². The fraction of sp³-hybridized carbons (Fsp3) is 0.0455. The van der Waals surface area contributed by atoms with Gasteiger partial charge in [-0.15, -0.1) is 11.3 Å². The Kier molecular flexibility index (Phi) is 5.65. The fourth-order valence-electron chi connectivity index (χ4n) is 2.80. The Morgan fingerprint density at radius 1 is 1.30 bits per heavy atom. The van der Waals surface area contributed by atoms with E-state index >= 15 is 0 Å². The maximum atomic E-state index is 12.4. The largest absolute Gasteiger partial charge is 0.497 e. The molecule has 0 spiro atoms. The number of anilines is 1. The van der Waals surface area contributed by atoms with Crippen molar-refractivity contribution in [2.45, 2.75) is 0 Å². The Hall–Kier alpha value is -3.41. The van der Waals surface area contributed by atoms with E-state index in [0.29, 0.717) is 33.2 Å². The first-order chi connectivity index (χ1) is 14.6. The number of nitrogens with one attached hydrogen (secondary N) is 1. The summed E-state index contributed by atoms with van der Waals surface area (Å²) in [5.74, 6) is 0.707. The predicted molar refractivity (Wildman–Crippen MR) is 121 cm³/mol. The molecule has 8 heteroatoms. The van der Waals surface area contributed by atoms with Crippen LogP contribution in [-0.4, -0.2) is 12.1 Å². The van der Waals surface area contributed by atoms with Crippen molar-refractivity contribution < 1.29 is 9.15 Å². The fourth-order valence-corrected chi connectivity index (χ4v) is 3.97. The molecule has 2 aromatic heterocycles. The van der Waals surface area contributed by atoms with Gasteiger partial charge in [0.25, 0.3) is 0 Å². The molecule has 0 radical (unpaired) electrons. The Morgan fingerprint density at radius 3 is 2.97 bits per heavy atom. The standard InChI is InChI=1S/C22H14BrN3O3S/c1-28-17-4-2-3-16(9-17)25-11-14(10-24)21-26-19(12-30-21)18-8-13-7-15(23)5-6-20(13)29-22(18)27/h2-9,11-12,25H,1H3. The summed E-state index contributed by atoms with van der Waals surface area (Å²) >= 11 is 4.70. The summed E-state index contributed by atoms with van der Waals surface area (Å²) in [6, 6.07) is 16.7. The number of thiazole rings is 1. The lowest BCUT2D eigenvalue weighted by Gasteiger charge is -2.04. The van der Waals surface area contributed by atoms with Gasteiger partial charge in [0.05, 0.1) is 18.4 Å². The van der Waals surface area contributed by atoms with Crippen LogP contribution < -0.4 is 15.7 Å². The number of allylic oxidation sites excluding steroid dienone is 1. The van der Waals surface area contributed by atoms with Crippen LogP contribution in [0.15, 0.2) is 73.8 Å². The van der Waals surface area contributed by atoms with Crippen LogP contribution in [0.25, 0.3) is 27.8 Å². The molecule has 2 aromatic carbocycles. The summed E-state index contributed by atoms with van der Waals surface area (Å²) in [4.78, 5) is 16.9. The SMILES string of the molecule is COc1cccc(NC=C(C#N)c2nc(-c3cc4cc(Br)ccc4oc3=O)cs2)c1. The van der Waals surface area contributed by atoms with Gasteiger partial charge in [0.15, 0.2) is 0 Å². The third-order valence-corrected chi connectivity index (χ3v) is 5.65. The number of benzene rings is 2. The van der Waals surface area contributed by atoms with Gasteiger partial charge >= 0.3 is 5.63 Å². The van der Waals surface area contributed by atoms with E-state index in [4.69, 9.17) is 9.15 Å². The normalized spacial score (nSPS) is 11.3. The molecule has 0 aliphatic carbocycles. The van der Waals surface area contributed by atoms with Crippen LogP contribution in [0.3, 0.4) is 0 Å². The zero-order valence-electron chi connectivity index (χ0n) is 15.7. The van der Waals surface area contributed by atoms with Gasteiger partial charge in [0, 0.05) is 33.2 Å². The lowest BCUT2D eigenvalue weighted by atomic mass is 10.1. The highest BCUT2D eigenvalue weighted by molar-refractivity contribution is 9.10. The van der Waals surface area contributed by atoms with Gasteiger partial charge in [-0.1, -0.05) is 22.0 Å². The number of ether oxygens (including phenoxy) is 1. The molecule has 0 bridgehead atoms. The average molecular weight is 480 g/mol. The number of nitrogens with zero attached hydrogens (tertiary/aromatic N) is 2. The molecule has 148 valence electrons. The van der Waals surface area contributed by atoms with Crippen molar-refractivity contribution in [2.24, 2.45) is 0 Å². The zero-order chi connectivity index (χ0) is 21.1. The highest BCUT2D eigenvalue weighted by Gasteiger charge is 2.14. The minimum Gasteiger partial charge on any atom is -0.497 e. The second kappa shape index (κ2) is 8.53. The van der Waals surface area contributed by atoms with E-state index in [1.54, 1.807) is 30.8 Å². The van der Waals surface area contributed by atoms with Crippen LogP contribution in [0.5, 0.6) is 5.75 Å². The minimum absolute atomic E-state index is 0.348. The second-order valence-corrected chi connectivity index (χ2v) is 7.99. The van der Waals surface area contributed by atoms with Crippen molar-refractivity contribution in [3.05, 3.63) is 80.0 Å². The molecule has 30 heavy (non-hydrogen) atoms. The van der Waals surface area contributed by atoms with E-state index in [9.17, 15) is 10.1 Å². The monoisotopic (exact) mass is 479 g/mol. The highest BCUT2D eigenvalue weighted by Crippen LogP contribution is 2.27. The molecule has 0 fully saturated rings. The van der Waals surface area contributed by atoms with Crippen LogP contribution in [-0.2, 0) is 0 Å². The first-order valence-electron chi connectivity index (χ1n) is 8.78. The molecule has 2 heterocycles. The molecule has 1 N–H and O–H groups in total. The van der Waals surface area contributed by atoms with Crippen molar-refractivity contribution >= 4 is 49.5 Å². The molecule has 4 rings (SSSR count). The van der Waals surface area contributed by atoms with Gasteiger partial charge in [-0.2, -0.15) is 5.26 Å². The van der Waals surface area contributed by atoms with Crippen LogP contribution >= 0.6 is 27.3 Å². The minimum atomic E-state index is -0.473. The highest BCUT2D eigenvalue weighted by atomic mass is 79.9. The molecule has 0 unspecified atom stereocenters. The van der Waals surface area contributed by atoms with E-state index < -0.39 is 5.63 Å². The molecule has 0 amide bonds. The topological polar surface area (TPSA) is 88.2 Å². The van der Waals surface area contributed by atoms with Crippen molar-refractivity contribution in [3.8, 4) is 23.1 Å². The zero-order valence-corrected chi connectivity index (χ0v) is 18.1. The molecule has 4 aromatic rings. The van der Waals surface area contributed by atoms with Gasteiger partial charge in [-0.25, -0.2) is 9.78 Å². The number of aromatic nitrogens is 1. The van der Waals surface area contributed by atoms with Gasteiger partial charge in [-0.05, 0) is 36.4 Å². The third-order valence-electron chi connectivity index (χ3n) is 4.28. The number of rotatable bonds is 5. The van der Waals surface area contributed by atoms with Crippen molar-refractivity contribution in [3.63, 3.8) is 0 Å². The number of fused-ring (bicyclic) bond motifs is 1. The van der Waals surface area contributed by atoms with Crippen molar-refractivity contribution in [1.29, 1.82) is 5.26 Å². The van der Waals surface area contributed by atoms with Crippen LogP contribution in [0.1, 0.15) is 5.01 Å². The van der Waals surface area contributed by atoms with E-state index in [-0.39, 0.29) is 0 Å². The lowest BCUT2D eigenvalue weighted by molar-refractivity contribution is 0.415. The van der Waals surface area contributed by atoms with Crippen LogP contribution in [0, 0.1) is 11.3 Å². The third kappa shape index (κ3) is 4.13. The van der Waals surface area contributed by atoms with Gasteiger partial charge in [-0.3, -0.25) is 0 Å². The molecule has 0 saturated carbocycles. The molecule has 6 nitrogen and oxygen atoms in total. The number of hydrogen-bond acceptors (Lipinski definition) is 7. The van der Waals surface area contributed by atoms with Crippen molar-refractivity contribution in [1.82, 2.24) is 4.98 Å². The first-order valence-corrected chi connectivity index (χ1v) is 10.4. The molecular weight excluding hydrogens is 466 g/mol. The Morgan fingerprint density at radius 2 is 2.17 bits per heavy atom. The van der Waals surface area contributed by atoms with Gasteiger partial charge in [0.1, 0.15) is 28.0 Å². The summed E-state index contributed by atoms with van der Waals surface area (Å²) in [7, 11) is 1.59. The quantitative estimate of drug-likeness (QED) is 0.293. The second-order valence-electron chi connectivity index (χ2n) is 6.21. The summed E-state index contributed by atoms with van der Waals surface area (Å²) in [6.45, 7) is 0. The molecular formula is C22H14BrN3O3S. The number of nitriles is 1. The maximum Gasteiger partial charge on any atom is 0.345 e. The summed E-state index contributed by atoms with van der Waals surface area (Å²) in [5.41, 5.74) is 1.97. The van der Waals surface area contributed by atoms with Crippen molar-refractivity contribution in [2.75, 3.05) is 12.4 Å². The Bertz CT molecular complexity index is 1370. The first kappa shape index (κ1) is 19.9. The Balaban J connectivity index is 1.65. The number of hydrogen-bond donors (Lipinski definition) is 1. The summed E-state index contributed by atoms with van der Waals surface area (Å²) < 4.78 is 11.5. The Labute approximate surface area is 184 Å². The molecule has 0 aliphatic heterocycles. The van der Waals surface area contributed by atoms with E-state index in [1.165, 1.54) is 11.3 Å². The summed E-state index contributed by atoms with van der Waals surface area (Å²) in [6.07, 6.45) is 1.58.